The molecule has 1 aliphatic heterocycles. The smallest absolute Gasteiger partial charge is 0.311 e. The van der Waals surface area contributed by atoms with Gasteiger partial charge < -0.3 is 15.2 Å². The maximum Gasteiger partial charge on any atom is 0.311 e. The Labute approximate surface area is 121 Å². The van der Waals surface area contributed by atoms with Gasteiger partial charge in [0, 0.05) is 25.8 Å². The van der Waals surface area contributed by atoms with Crippen molar-refractivity contribution in [2.75, 3.05) is 25.1 Å². The highest BCUT2D eigenvalue weighted by Crippen LogP contribution is 2.31. The predicted molar refractivity (Wildman–Crippen MR) is 74.2 cm³/mol. The van der Waals surface area contributed by atoms with Crippen LogP contribution in [0, 0.1) is 22.5 Å². The third-order valence-corrected chi connectivity index (χ3v) is 3.77. The second-order valence-corrected chi connectivity index (χ2v) is 5.17. The first-order chi connectivity index (χ1) is 9.94. The number of pyridine rings is 1. The maximum absolute atomic E-state index is 11.5. The molecule has 8 nitrogen and oxygen atoms in total. The van der Waals surface area contributed by atoms with Gasteiger partial charge in [-0.3, -0.25) is 14.9 Å². The van der Waals surface area contributed by atoms with E-state index < -0.39 is 16.3 Å². The van der Waals surface area contributed by atoms with E-state index in [0.717, 1.165) is 6.20 Å². The molecule has 1 aromatic rings. The molecule has 1 saturated heterocycles. The first kappa shape index (κ1) is 15.2. The first-order valence-corrected chi connectivity index (χ1v) is 6.61. The summed E-state index contributed by atoms with van der Waals surface area (Å²) in [6, 6.07) is 1.41. The van der Waals surface area contributed by atoms with E-state index in [0.29, 0.717) is 37.4 Å². The van der Waals surface area contributed by atoms with Crippen molar-refractivity contribution in [3.05, 3.63) is 27.9 Å². The molecule has 1 fully saturated rings. The number of rotatable bonds is 5. The Morgan fingerprint density at radius 3 is 2.76 bits per heavy atom. The number of aromatic nitrogens is 1. The molecular formula is C13H17N3O5. The monoisotopic (exact) mass is 295 g/mol. The highest BCUT2D eigenvalue weighted by Gasteiger charge is 2.40. The van der Waals surface area contributed by atoms with Crippen molar-refractivity contribution in [1.82, 2.24) is 4.98 Å². The third kappa shape index (κ3) is 3.27. The van der Waals surface area contributed by atoms with Gasteiger partial charge in [0.2, 0.25) is 0 Å². The summed E-state index contributed by atoms with van der Waals surface area (Å²) < 4.78 is 5.21. The molecule has 0 atom stereocenters. The van der Waals surface area contributed by atoms with Crippen molar-refractivity contribution in [2.24, 2.45) is 5.41 Å². The van der Waals surface area contributed by atoms with Crippen molar-refractivity contribution in [1.29, 1.82) is 0 Å². The minimum absolute atomic E-state index is 0.0861. The Morgan fingerprint density at radius 1 is 1.57 bits per heavy atom. The lowest BCUT2D eigenvalue weighted by Crippen LogP contribution is -2.42. The van der Waals surface area contributed by atoms with Gasteiger partial charge in [-0.05, 0) is 25.3 Å². The number of carbonyl (C=O) groups is 1. The van der Waals surface area contributed by atoms with Gasteiger partial charge >= 0.3 is 5.97 Å². The van der Waals surface area contributed by atoms with Crippen LogP contribution in [0.1, 0.15) is 18.4 Å². The van der Waals surface area contributed by atoms with Crippen LogP contribution in [-0.4, -0.2) is 40.7 Å². The fourth-order valence-corrected chi connectivity index (χ4v) is 2.33. The summed E-state index contributed by atoms with van der Waals surface area (Å²) in [4.78, 5) is 25.7. The van der Waals surface area contributed by atoms with Crippen molar-refractivity contribution in [3.63, 3.8) is 0 Å². The summed E-state index contributed by atoms with van der Waals surface area (Å²) in [5.74, 6) is -0.398. The molecular weight excluding hydrogens is 278 g/mol. The largest absolute Gasteiger partial charge is 0.481 e. The van der Waals surface area contributed by atoms with Gasteiger partial charge in [-0.1, -0.05) is 0 Å². The van der Waals surface area contributed by atoms with Gasteiger partial charge in [-0.2, -0.15) is 0 Å². The molecule has 0 bridgehead atoms. The van der Waals surface area contributed by atoms with Crippen LogP contribution in [0.5, 0.6) is 0 Å². The van der Waals surface area contributed by atoms with Gasteiger partial charge in [0.05, 0.1) is 10.3 Å². The molecule has 21 heavy (non-hydrogen) atoms. The van der Waals surface area contributed by atoms with E-state index in [2.05, 4.69) is 10.3 Å². The molecule has 114 valence electrons. The van der Waals surface area contributed by atoms with E-state index in [-0.39, 0.29) is 12.2 Å². The molecule has 0 radical (unpaired) electrons. The average Bonchev–Trinajstić information content (AvgIpc) is 2.46. The zero-order valence-electron chi connectivity index (χ0n) is 11.7. The lowest BCUT2D eigenvalue weighted by atomic mass is 9.80. The second kappa shape index (κ2) is 6.04. The van der Waals surface area contributed by atoms with E-state index in [1.807, 2.05) is 0 Å². The van der Waals surface area contributed by atoms with Gasteiger partial charge in [0.25, 0.3) is 5.69 Å². The number of ether oxygens (including phenoxy) is 1. The van der Waals surface area contributed by atoms with Crippen molar-refractivity contribution >= 4 is 17.5 Å². The maximum atomic E-state index is 11.5. The normalized spacial score (nSPS) is 17.2. The van der Waals surface area contributed by atoms with E-state index in [9.17, 15) is 20.0 Å². The van der Waals surface area contributed by atoms with Crippen LogP contribution >= 0.6 is 0 Å². The number of aryl methyl sites for hydroxylation is 1. The Hall–Kier alpha value is -2.22. The Balaban J connectivity index is 2.11. The van der Waals surface area contributed by atoms with E-state index in [1.54, 1.807) is 6.92 Å². The minimum Gasteiger partial charge on any atom is -0.481 e. The summed E-state index contributed by atoms with van der Waals surface area (Å²) in [5.41, 5.74) is -0.359. The van der Waals surface area contributed by atoms with Crippen molar-refractivity contribution < 1.29 is 19.6 Å². The van der Waals surface area contributed by atoms with E-state index in [4.69, 9.17) is 4.74 Å². The summed E-state index contributed by atoms with van der Waals surface area (Å²) in [6.45, 7) is 2.75. The molecule has 0 saturated carbocycles. The van der Waals surface area contributed by atoms with Crippen LogP contribution in [0.3, 0.4) is 0 Å². The predicted octanol–water partition coefficient (Wildman–Crippen LogP) is 1.59. The second-order valence-electron chi connectivity index (χ2n) is 5.17. The number of anilines is 1. The number of carboxylic acid groups (broad SMARTS) is 1. The topological polar surface area (TPSA) is 115 Å². The highest BCUT2D eigenvalue weighted by molar-refractivity contribution is 5.75. The molecule has 0 aromatic carbocycles. The minimum atomic E-state index is -0.881. The number of nitro groups is 1. The standard InChI is InChI=1S/C13H17N3O5/c1-9-6-10(16(19)20)7-14-11(9)15-8-13(12(17)18)2-4-21-5-3-13/h6-7H,2-5,8H2,1H3,(H,14,15)(H,17,18). The molecule has 0 amide bonds. The summed E-state index contributed by atoms with van der Waals surface area (Å²) in [7, 11) is 0. The quantitative estimate of drug-likeness (QED) is 0.626. The lowest BCUT2D eigenvalue weighted by molar-refractivity contribution is -0.385. The Morgan fingerprint density at radius 2 is 2.24 bits per heavy atom. The molecule has 1 aliphatic rings. The molecule has 1 aromatic heterocycles. The SMILES string of the molecule is Cc1cc([N+](=O)[O-])cnc1NCC1(C(=O)O)CCOCC1. The van der Waals surface area contributed by atoms with E-state index in [1.165, 1.54) is 6.07 Å². The number of nitrogens with zero attached hydrogens (tertiary/aromatic N) is 2. The lowest BCUT2D eigenvalue weighted by Gasteiger charge is -2.33. The first-order valence-electron chi connectivity index (χ1n) is 6.61. The summed E-state index contributed by atoms with van der Waals surface area (Å²) in [5, 5.41) is 23.1. The molecule has 0 spiro atoms. The number of carboxylic acids is 1. The number of aliphatic carboxylic acids is 1. The molecule has 2 N–H and O–H groups in total. The Kier molecular flexibility index (Phi) is 4.37. The molecule has 0 unspecified atom stereocenters. The zero-order valence-corrected chi connectivity index (χ0v) is 11.7. The fourth-order valence-electron chi connectivity index (χ4n) is 2.33. The average molecular weight is 295 g/mol. The molecule has 0 aliphatic carbocycles. The van der Waals surface area contributed by atoms with Gasteiger partial charge in [-0.15, -0.1) is 0 Å². The zero-order chi connectivity index (χ0) is 15.5. The van der Waals surface area contributed by atoms with Crippen LogP contribution in [0.4, 0.5) is 11.5 Å². The van der Waals surface area contributed by atoms with Crippen LogP contribution < -0.4 is 5.32 Å². The van der Waals surface area contributed by atoms with Gasteiger partial charge in [0.1, 0.15) is 12.0 Å². The van der Waals surface area contributed by atoms with Crippen molar-refractivity contribution in [2.45, 2.75) is 19.8 Å². The van der Waals surface area contributed by atoms with Gasteiger partial charge in [0.15, 0.2) is 0 Å². The van der Waals surface area contributed by atoms with Crippen LogP contribution in [0.15, 0.2) is 12.3 Å². The fraction of sp³-hybridized carbons (Fsp3) is 0.538. The summed E-state index contributed by atoms with van der Waals surface area (Å²) >= 11 is 0. The number of hydrogen-bond acceptors (Lipinski definition) is 6. The van der Waals surface area contributed by atoms with Crippen molar-refractivity contribution in [3.8, 4) is 0 Å². The van der Waals surface area contributed by atoms with Crippen LogP contribution in [0.2, 0.25) is 0 Å². The Bertz CT molecular complexity index is 555. The third-order valence-electron chi connectivity index (χ3n) is 3.77. The van der Waals surface area contributed by atoms with E-state index >= 15 is 0 Å². The summed E-state index contributed by atoms with van der Waals surface area (Å²) in [6.07, 6.45) is 2.02. The molecule has 2 heterocycles. The van der Waals surface area contributed by atoms with Crippen LogP contribution in [0.25, 0.3) is 0 Å². The number of nitrogens with one attached hydrogen (secondary N) is 1. The van der Waals surface area contributed by atoms with Gasteiger partial charge in [-0.25, -0.2) is 4.98 Å². The molecule has 8 heteroatoms. The molecule has 2 rings (SSSR count). The number of hydrogen-bond donors (Lipinski definition) is 2. The highest BCUT2D eigenvalue weighted by atomic mass is 16.6. The van der Waals surface area contributed by atoms with Crippen LogP contribution in [-0.2, 0) is 9.53 Å².